The van der Waals surface area contributed by atoms with Crippen molar-refractivity contribution < 1.29 is 19.0 Å². The van der Waals surface area contributed by atoms with Gasteiger partial charge in [-0.25, -0.2) is 9.79 Å². The number of benzene rings is 4. The van der Waals surface area contributed by atoms with Gasteiger partial charge in [0.05, 0.1) is 36.6 Å². The quantitative estimate of drug-likeness (QED) is 0.252. The smallest absolute Gasteiger partial charge is 0.338 e. The summed E-state index contributed by atoms with van der Waals surface area (Å²) in [6.45, 7) is 1.93. The molecule has 5 aromatic rings. The van der Waals surface area contributed by atoms with Gasteiger partial charge in [-0.3, -0.25) is 9.36 Å². The highest BCUT2D eigenvalue weighted by molar-refractivity contribution is 7.07. The van der Waals surface area contributed by atoms with Crippen LogP contribution in [0.4, 0.5) is 0 Å². The number of rotatable bonds is 7. The van der Waals surface area contributed by atoms with Gasteiger partial charge in [0.15, 0.2) is 4.80 Å². The number of hydrogen-bond donors (Lipinski definition) is 0. The van der Waals surface area contributed by atoms with Crippen molar-refractivity contribution in [3.05, 3.63) is 133 Å². The van der Waals surface area contributed by atoms with E-state index in [1.807, 2.05) is 91.0 Å². The fraction of sp³-hybridized carbons (Fsp3) is 0.147. The van der Waals surface area contributed by atoms with Gasteiger partial charge in [-0.15, -0.1) is 0 Å². The predicted octanol–water partition coefficient (Wildman–Crippen LogP) is 5.11. The molecule has 4 aromatic carbocycles. The molecule has 0 fully saturated rings. The first-order chi connectivity index (χ1) is 20.5. The lowest BCUT2D eigenvalue weighted by molar-refractivity contribution is -0.138. The number of para-hydroxylation sites is 1. The van der Waals surface area contributed by atoms with Gasteiger partial charge >= 0.3 is 5.97 Å². The van der Waals surface area contributed by atoms with E-state index in [0.29, 0.717) is 32.1 Å². The average Bonchev–Trinajstić information content (AvgIpc) is 3.34. The Balaban J connectivity index is 1.75. The molecule has 6 rings (SSSR count). The van der Waals surface area contributed by atoms with E-state index in [-0.39, 0.29) is 17.7 Å². The normalized spacial score (nSPS) is 14.8. The number of fused-ring (bicyclic) bond motifs is 2. The molecule has 210 valence electrons. The maximum absolute atomic E-state index is 14.3. The van der Waals surface area contributed by atoms with Gasteiger partial charge < -0.3 is 14.2 Å². The number of esters is 1. The predicted molar refractivity (Wildman–Crippen MR) is 165 cm³/mol. The minimum Gasteiger partial charge on any atom is -0.496 e. The van der Waals surface area contributed by atoms with Crippen molar-refractivity contribution in [3.63, 3.8) is 0 Å². The minimum absolute atomic E-state index is 0.169. The molecule has 0 radical (unpaired) electrons. The fourth-order valence-corrected chi connectivity index (χ4v) is 6.37. The molecule has 1 aliphatic heterocycles. The van der Waals surface area contributed by atoms with Gasteiger partial charge in [0, 0.05) is 16.7 Å². The van der Waals surface area contributed by atoms with Crippen LogP contribution in [0.3, 0.4) is 0 Å². The molecule has 0 aliphatic carbocycles. The molecule has 0 spiro atoms. The molecular formula is C34H28N2O5S. The largest absolute Gasteiger partial charge is 0.496 e. The van der Waals surface area contributed by atoms with Gasteiger partial charge in [-0.2, -0.15) is 0 Å². The first-order valence-corrected chi connectivity index (χ1v) is 14.3. The Bertz CT molecular complexity index is 2020. The molecule has 42 heavy (non-hydrogen) atoms. The van der Waals surface area contributed by atoms with Crippen LogP contribution in [-0.4, -0.2) is 31.4 Å². The molecule has 0 amide bonds. The van der Waals surface area contributed by atoms with E-state index < -0.39 is 12.0 Å². The van der Waals surface area contributed by atoms with Crippen molar-refractivity contribution in [1.82, 2.24) is 4.57 Å². The number of hydrogen-bond acceptors (Lipinski definition) is 7. The lowest BCUT2D eigenvalue weighted by Crippen LogP contribution is -2.40. The van der Waals surface area contributed by atoms with Crippen molar-refractivity contribution in [2.45, 2.75) is 13.0 Å². The standard InChI is InChI=1S/C34H28N2O5S/c1-4-41-33(38)29-30(22-13-6-5-7-14-22)35-34-36(32(37)27(42-34)20-23-15-9-11-17-25(23)39-2)31(29)28-24-16-10-8-12-21(24)18-19-26(28)40-3/h5-20,31H,4H2,1-3H3/b27-20+/t31-/m1/s1. The number of carbonyl (C=O) groups excluding carboxylic acids is 1. The molecule has 8 heteroatoms. The van der Waals surface area contributed by atoms with E-state index in [9.17, 15) is 9.59 Å². The van der Waals surface area contributed by atoms with Crippen molar-refractivity contribution in [3.8, 4) is 11.5 Å². The molecule has 7 nitrogen and oxygen atoms in total. The highest BCUT2D eigenvalue weighted by atomic mass is 32.1. The topological polar surface area (TPSA) is 79.1 Å². The van der Waals surface area contributed by atoms with Crippen LogP contribution in [0.5, 0.6) is 11.5 Å². The molecule has 1 aromatic heterocycles. The zero-order chi connectivity index (χ0) is 29.2. The molecule has 0 bridgehead atoms. The fourth-order valence-electron chi connectivity index (χ4n) is 5.38. The molecule has 1 aliphatic rings. The summed E-state index contributed by atoms with van der Waals surface area (Å²) in [5.41, 5.74) is 2.64. The number of ether oxygens (including phenoxy) is 3. The van der Waals surface area contributed by atoms with E-state index in [0.717, 1.165) is 21.9 Å². The van der Waals surface area contributed by atoms with Crippen LogP contribution >= 0.6 is 11.3 Å². The summed E-state index contributed by atoms with van der Waals surface area (Å²) >= 11 is 1.26. The van der Waals surface area contributed by atoms with Crippen LogP contribution in [0.1, 0.15) is 29.7 Å². The third-order valence-corrected chi connectivity index (χ3v) is 8.21. The Morgan fingerprint density at radius 1 is 0.905 bits per heavy atom. The van der Waals surface area contributed by atoms with E-state index in [2.05, 4.69) is 0 Å². The zero-order valence-corrected chi connectivity index (χ0v) is 24.2. The monoisotopic (exact) mass is 576 g/mol. The van der Waals surface area contributed by atoms with Crippen LogP contribution in [-0.2, 0) is 9.53 Å². The van der Waals surface area contributed by atoms with Crippen molar-refractivity contribution in [2.75, 3.05) is 20.8 Å². The van der Waals surface area contributed by atoms with E-state index in [4.69, 9.17) is 19.2 Å². The summed E-state index contributed by atoms with van der Waals surface area (Å²) in [4.78, 5) is 33.6. The lowest BCUT2D eigenvalue weighted by atomic mass is 9.89. The van der Waals surface area contributed by atoms with Crippen molar-refractivity contribution >= 4 is 39.9 Å². The van der Waals surface area contributed by atoms with Gasteiger partial charge in [0.2, 0.25) is 0 Å². The SMILES string of the molecule is CCOC(=O)C1=C(c2ccccc2)N=c2s/c(=C/c3ccccc3OC)c(=O)n2[C@@H]1c1c(OC)ccc2ccccc12. The molecule has 0 saturated heterocycles. The molecule has 1 atom stereocenters. The number of methoxy groups -OCH3 is 2. The van der Waals surface area contributed by atoms with E-state index in [1.54, 1.807) is 31.8 Å². The van der Waals surface area contributed by atoms with E-state index in [1.165, 1.54) is 11.3 Å². The third kappa shape index (κ3) is 4.69. The van der Waals surface area contributed by atoms with Gasteiger partial charge in [0.1, 0.15) is 17.5 Å². The van der Waals surface area contributed by atoms with Crippen LogP contribution in [0.2, 0.25) is 0 Å². The Morgan fingerprint density at radius 3 is 2.38 bits per heavy atom. The average molecular weight is 577 g/mol. The number of aromatic nitrogens is 1. The second-order valence-corrected chi connectivity index (χ2v) is 10.6. The summed E-state index contributed by atoms with van der Waals surface area (Å²) < 4.78 is 19.1. The minimum atomic E-state index is -0.864. The number of thiazole rings is 1. The second-order valence-electron chi connectivity index (χ2n) is 9.58. The Morgan fingerprint density at radius 2 is 1.62 bits per heavy atom. The first-order valence-electron chi connectivity index (χ1n) is 13.5. The summed E-state index contributed by atoms with van der Waals surface area (Å²) in [6.07, 6.45) is 1.80. The van der Waals surface area contributed by atoms with E-state index >= 15 is 0 Å². The summed E-state index contributed by atoms with van der Waals surface area (Å²) in [7, 11) is 3.18. The summed E-state index contributed by atoms with van der Waals surface area (Å²) in [5, 5.41) is 1.81. The zero-order valence-electron chi connectivity index (χ0n) is 23.4. The number of nitrogens with zero attached hydrogens (tertiary/aromatic N) is 2. The Hall–Kier alpha value is -4.95. The van der Waals surface area contributed by atoms with Gasteiger partial charge in [-0.1, -0.05) is 90.2 Å². The molecule has 0 saturated carbocycles. The van der Waals surface area contributed by atoms with Crippen molar-refractivity contribution in [2.24, 2.45) is 4.99 Å². The maximum atomic E-state index is 14.3. The Labute approximate surface area is 246 Å². The second kappa shape index (κ2) is 11.5. The molecule has 0 N–H and O–H groups in total. The molecule has 2 heterocycles. The summed E-state index contributed by atoms with van der Waals surface area (Å²) in [5.74, 6) is 0.654. The summed E-state index contributed by atoms with van der Waals surface area (Å²) in [6, 6.07) is 27.8. The van der Waals surface area contributed by atoms with Crippen LogP contribution in [0, 0.1) is 0 Å². The van der Waals surface area contributed by atoms with Crippen LogP contribution in [0.25, 0.3) is 22.5 Å². The Kier molecular flexibility index (Phi) is 7.46. The van der Waals surface area contributed by atoms with Crippen molar-refractivity contribution in [1.29, 1.82) is 0 Å². The first kappa shape index (κ1) is 27.2. The van der Waals surface area contributed by atoms with Crippen LogP contribution in [0.15, 0.2) is 106 Å². The lowest BCUT2D eigenvalue weighted by Gasteiger charge is -2.28. The third-order valence-electron chi connectivity index (χ3n) is 7.22. The van der Waals surface area contributed by atoms with Gasteiger partial charge in [0.25, 0.3) is 5.56 Å². The molecule has 0 unspecified atom stereocenters. The van der Waals surface area contributed by atoms with Gasteiger partial charge in [-0.05, 0) is 35.9 Å². The van der Waals surface area contributed by atoms with Crippen LogP contribution < -0.4 is 24.4 Å². The number of carbonyl (C=O) groups is 1. The molecular weight excluding hydrogens is 548 g/mol. The highest BCUT2D eigenvalue weighted by Gasteiger charge is 2.37. The maximum Gasteiger partial charge on any atom is 0.338 e. The highest BCUT2D eigenvalue weighted by Crippen LogP contribution is 2.42.